The molecule has 2 heterocycles. The SMILES string of the molecule is CN(C)CCCOc1ccc(-c2ccc3ncc(NC(=O)NC4CCCC4)nc3c2)cn1. The van der Waals surface area contributed by atoms with Crippen LogP contribution in [0.1, 0.15) is 32.1 Å². The highest BCUT2D eigenvalue weighted by Gasteiger charge is 2.17. The molecule has 0 bridgehead atoms. The molecule has 4 rings (SSSR count). The average Bonchev–Trinajstić information content (AvgIpc) is 3.29. The lowest BCUT2D eigenvalue weighted by Crippen LogP contribution is -2.36. The topological polar surface area (TPSA) is 92.3 Å². The third-order valence-electron chi connectivity index (χ3n) is 5.54. The number of nitrogens with zero attached hydrogens (tertiary/aromatic N) is 4. The van der Waals surface area contributed by atoms with Gasteiger partial charge >= 0.3 is 6.03 Å². The summed E-state index contributed by atoms with van der Waals surface area (Å²) in [5, 5.41) is 5.80. The van der Waals surface area contributed by atoms with Crippen molar-refractivity contribution in [2.75, 3.05) is 32.6 Å². The second-order valence-corrected chi connectivity index (χ2v) is 8.43. The molecule has 3 aromatic rings. The number of carbonyl (C=O) groups is 1. The second-order valence-electron chi connectivity index (χ2n) is 8.43. The van der Waals surface area contributed by atoms with Gasteiger partial charge in [-0.25, -0.2) is 14.8 Å². The molecule has 1 aliphatic rings. The first-order valence-electron chi connectivity index (χ1n) is 11.1. The number of amides is 2. The summed E-state index contributed by atoms with van der Waals surface area (Å²) in [6.07, 6.45) is 8.74. The van der Waals surface area contributed by atoms with E-state index in [-0.39, 0.29) is 12.1 Å². The van der Waals surface area contributed by atoms with Crippen LogP contribution in [-0.2, 0) is 0 Å². The quantitative estimate of drug-likeness (QED) is 0.519. The molecule has 1 fully saturated rings. The predicted octanol–water partition coefficient (Wildman–Crippen LogP) is 4.09. The van der Waals surface area contributed by atoms with Crippen molar-refractivity contribution in [1.29, 1.82) is 0 Å². The molecule has 1 saturated carbocycles. The fourth-order valence-electron chi connectivity index (χ4n) is 3.85. The van der Waals surface area contributed by atoms with Crippen LogP contribution in [0.4, 0.5) is 10.6 Å². The van der Waals surface area contributed by atoms with E-state index in [1.807, 2.05) is 44.4 Å². The highest BCUT2D eigenvalue weighted by Crippen LogP contribution is 2.24. The third kappa shape index (κ3) is 5.91. The van der Waals surface area contributed by atoms with Gasteiger partial charge in [-0.05, 0) is 57.1 Å². The van der Waals surface area contributed by atoms with Crippen LogP contribution in [0, 0.1) is 0 Å². The smallest absolute Gasteiger partial charge is 0.320 e. The minimum absolute atomic E-state index is 0.230. The summed E-state index contributed by atoms with van der Waals surface area (Å²) in [5.41, 5.74) is 3.42. The molecule has 8 heteroatoms. The Labute approximate surface area is 188 Å². The standard InChI is InChI=1S/C24H30N6O2/c1-30(2)12-5-13-32-23-11-9-18(15-26-23)17-8-10-20-21(14-17)28-22(16-25-20)29-24(31)27-19-6-3-4-7-19/h8-11,14-16,19H,3-7,12-13H2,1-2H3,(H2,27,28,29,31). The summed E-state index contributed by atoms with van der Waals surface area (Å²) in [6.45, 7) is 1.62. The Morgan fingerprint density at radius 2 is 1.88 bits per heavy atom. The molecule has 2 N–H and O–H groups in total. The predicted molar refractivity (Wildman–Crippen MR) is 126 cm³/mol. The highest BCUT2D eigenvalue weighted by molar-refractivity contribution is 5.90. The zero-order chi connectivity index (χ0) is 22.3. The summed E-state index contributed by atoms with van der Waals surface area (Å²) in [6, 6.07) is 9.76. The fraction of sp³-hybridized carbons (Fsp3) is 0.417. The van der Waals surface area contributed by atoms with Crippen molar-refractivity contribution in [2.24, 2.45) is 0 Å². The number of hydrogen-bond acceptors (Lipinski definition) is 6. The first-order chi connectivity index (χ1) is 15.6. The van der Waals surface area contributed by atoms with Crippen molar-refractivity contribution in [3.63, 3.8) is 0 Å². The molecule has 0 unspecified atom stereocenters. The Morgan fingerprint density at radius 3 is 2.62 bits per heavy atom. The van der Waals surface area contributed by atoms with Gasteiger partial charge < -0.3 is 15.0 Å². The van der Waals surface area contributed by atoms with Gasteiger partial charge in [0.1, 0.15) is 0 Å². The number of anilines is 1. The van der Waals surface area contributed by atoms with Gasteiger partial charge in [0.2, 0.25) is 5.88 Å². The number of aromatic nitrogens is 3. The molecular formula is C24H30N6O2. The van der Waals surface area contributed by atoms with Crippen LogP contribution in [0.5, 0.6) is 5.88 Å². The number of pyridine rings is 1. The van der Waals surface area contributed by atoms with E-state index in [0.717, 1.165) is 42.5 Å². The number of hydrogen-bond donors (Lipinski definition) is 2. The van der Waals surface area contributed by atoms with Crippen LogP contribution < -0.4 is 15.4 Å². The molecule has 2 amide bonds. The van der Waals surface area contributed by atoms with E-state index >= 15 is 0 Å². The van der Waals surface area contributed by atoms with Crippen LogP contribution in [-0.4, -0.2) is 59.2 Å². The van der Waals surface area contributed by atoms with E-state index < -0.39 is 0 Å². The van der Waals surface area contributed by atoms with Gasteiger partial charge in [-0.15, -0.1) is 0 Å². The Morgan fingerprint density at radius 1 is 1.06 bits per heavy atom. The Hall–Kier alpha value is -3.26. The molecule has 0 spiro atoms. The van der Waals surface area contributed by atoms with Gasteiger partial charge in [-0.2, -0.15) is 0 Å². The first kappa shape index (κ1) is 22.0. The maximum atomic E-state index is 12.2. The van der Waals surface area contributed by atoms with Crippen LogP contribution in [0.25, 0.3) is 22.2 Å². The normalized spacial score (nSPS) is 14.1. The number of benzene rings is 1. The van der Waals surface area contributed by atoms with Gasteiger partial charge in [-0.3, -0.25) is 10.3 Å². The maximum absolute atomic E-state index is 12.2. The van der Waals surface area contributed by atoms with Crippen molar-refractivity contribution in [3.05, 3.63) is 42.7 Å². The molecule has 0 radical (unpaired) electrons. The number of nitrogens with one attached hydrogen (secondary N) is 2. The molecule has 168 valence electrons. The Kier molecular flexibility index (Phi) is 7.11. The molecule has 8 nitrogen and oxygen atoms in total. The Bertz CT molecular complexity index is 1050. The second kappa shape index (κ2) is 10.4. The molecule has 32 heavy (non-hydrogen) atoms. The van der Waals surface area contributed by atoms with Gasteiger partial charge in [0, 0.05) is 30.4 Å². The van der Waals surface area contributed by atoms with Gasteiger partial charge in [0.25, 0.3) is 0 Å². The lowest BCUT2D eigenvalue weighted by molar-refractivity contribution is 0.248. The first-order valence-corrected chi connectivity index (χ1v) is 11.1. The van der Waals surface area contributed by atoms with Crippen LogP contribution in [0.3, 0.4) is 0 Å². The largest absolute Gasteiger partial charge is 0.478 e. The van der Waals surface area contributed by atoms with Crippen LogP contribution in [0.15, 0.2) is 42.7 Å². The van der Waals surface area contributed by atoms with E-state index in [2.05, 4.69) is 30.5 Å². The van der Waals surface area contributed by atoms with Crippen molar-refractivity contribution >= 4 is 22.9 Å². The van der Waals surface area contributed by atoms with Crippen LogP contribution in [0.2, 0.25) is 0 Å². The monoisotopic (exact) mass is 434 g/mol. The van der Waals surface area contributed by atoms with Gasteiger partial charge in [0.15, 0.2) is 5.82 Å². The Balaban J connectivity index is 1.41. The van der Waals surface area contributed by atoms with E-state index in [9.17, 15) is 4.79 Å². The minimum atomic E-state index is -0.230. The van der Waals surface area contributed by atoms with Crippen molar-refractivity contribution in [1.82, 2.24) is 25.2 Å². The summed E-state index contributed by atoms with van der Waals surface area (Å²) >= 11 is 0. The van der Waals surface area contributed by atoms with E-state index in [4.69, 9.17) is 4.74 Å². The molecule has 1 aromatic carbocycles. The number of rotatable bonds is 8. The van der Waals surface area contributed by atoms with E-state index in [0.29, 0.717) is 23.8 Å². The molecule has 0 atom stereocenters. The van der Waals surface area contributed by atoms with E-state index in [1.54, 1.807) is 12.4 Å². The van der Waals surface area contributed by atoms with E-state index in [1.165, 1.54) is 12.8 Å². The van der Waals surface area contributed by atoms with Gasteiger partial charge in [-0.1, -0.05) is 18.9 Å². The summed E-state index contributed by atoms with van der Waals surface area (Å²) < 4.78 is 5.71. The zero-order valence-electron chi connectivity index (χ0n) is 18.7. The molecule has 2 aromatic heterocycles. The summed E-state index contributed by atoms with van der Waals surface area (Å²) in [7, 11) is 4.09. The molecule has 0 saturated heterocycles. The molecule has 1 aliphatic carbocycles. The van der Waals surface area contributed by atoms with Crippen molar-refractivity contribution in [2.45, 2.75) is 38.1 Å². The fourth-order valence-corrected chi connectivity index (χ4v) is 3.85. The van der Waals surface area contributed by atoms with Crippen LogP contribution >= 0.6 is 0 Å². The maximum Gasteiger partial charge on any atom is 0.320 e. The summed E-state index contributed by atoms with van der Waals surface area (Å²) in [5.74, 6) is 1.05. The average molecular weight is 435 g/mol. The lowest BCUT2D eigenvalue weighted by atomic mass is 10.1. The highest BCUT2D eigenvalue weighted by atomic mass is 16.5. The number of ether oxygens (including phenoxy) is 1. The number of carbonyl (C=O) groups excluding carboxylic acids is 1. The number of fused-ring (bicyclic) bond motifs is 1. The van der Waals surface area contributed by atoms with Gasteiger partial charge in [0.05, 0.1) is 23.8 Å². The van der Waals surface area contributed by atoms with Crippen molar-refractivity contribution < 1.29 is 9.53 Å². The third-order valence-corrected chi connectivity index (χ3v) is 5.54. The zero-order valence-corrected chi connectivity index (χ0v) is 18.7. The minimum Gasteiger partial charge on any atom is -0.478 e. The summed E-state index contributed by atoms with van der Waals surface area (Å²) in [4.78, 5) is 27.8. The van der Waals surface area contributed by atoms with Crippen molar-refractivity contribution in [3.8, 4) is 17.0 Å². The lowest BCUT2D eigenvalue weighted by Gasteiger charge is -2.12. The number of urea groups is 1. The molecule has 0 aliphatic heterocycles. The molecular weight excluding hydrogens is 404 g/mol.